The number of phenols is 3. The molecule has 20 atom stereocenters. The highest BCUT2D eigenvalue weighted by Crippen LogP contribution is 2.41. The van der Waals surface area contributed by atoms with Crippen molar-refractivity contribution < 1.29 is 143 Å². The molecule has 30 heteroatoms. The van der Waals surface area contributed by atoms with E-state index in [1.807, 2.05) is 0 Å². The summed E-state index contributed by atoms with van der Waals surface area (Å²) in [5.74, 6) is -4.51. The topological polar surface area (TPSA) is 472 Å². The van der Waals surface area contributed by atoms with Crippen LogP contribution in [0.25, 0.3) is 28.4 Å². The first-order chi connectivity index (χ1) is 38.2. The second kappa shape index (κ2) is 25.4. The molecule has 5 heterocycles. The first-order valence-electron chi connectivity index (χ1n) is 24.5. The van der Waals surface area contributed by atoms with Crippen LogP contribution < -0.4 is 24.4 Å². The van der Waals surface area contributed by atoms with E-state index < -0.39 is 195 Å². The Morgan fingerprint density at radius 2 is 1.07 bits per heavy atom. The minimum Gasteiger partial charge on any atom is -0.508 e. The van der Waals surface area contributed by atoms with Gasteiger partial charge >= 0.3 is 5.97 Å². The van der Waals surface area contributed by atoms with Crippen molar-refractivity contribution in [3.8, 4) is 51.6 Å². The molecule has 4 aliphatic rings. The number of ether oxygens (including phenoxy) is 11. The van der Waals surface area contributed by atoms with E-state index in [0.29, 0.717) is 0 Å². The van der Waals surface area contributed by atoms with Crippen molar-refractivity contribution in [2.75, 3.05) is 40.6 Å². The highest BCUT2D eigenvalue weighted by Gasteiger charge is 2.54. The zero-order valence-corrected chi connectivity index (χ0v) is 42.0. The Kier molecular flexibility index (Phi) is 19.0. The van der Waals surface area contributed by atoms with E-state index in [0.717, 1.165) is 18.2 Å². The Hall–Kier alpha value is -6.08. The van der Waals surface area contributed by atoms with Gasteiger partial charge in [-0.1, -0.05) is 0 Å². The number of aromatic hydroxyl groups is 3. The maximum atomic E-state index is 14.7. The standard InChI is InChI=1S/C50H60O30/c1-69-23-9-17(10-24(70-2)31(23)58)3-8-29(57)77-45-37(64)33(60)26(14-52)74-49(45)80-46-38(65)34(61)27(15-53)75-50(46)79-44-35(62)30-21(56)11-20(12-22(30)72-42(44)18-4-6-19(55)7-5-18)71-47-41(68)39(66)43(28(16-54)76-47)78-48-40(67)36(63)32(59)25(13-51)73-48/h3-12,25-28,32-34,36-41,43,45-56,58-61,63-68H,13-16H2,1-2H3/b8-3+/t25-,26-,27-,28-,32-,33-,34-,36+,37+,38+,39-,40-,41-,43-,45-,46-,47-,48+,49+,50+/m1/s1. The number of methoxy groups -OCH3 is 2. The van der Waals surface area contributed by atoms with Gasteiger partial charge in [0.2, 0.25) is 29.5 Å². The lowest BCUT2D eigenvalue weighted by molar-refractivity contribution is -0.358. The molecule has 440 valence electrons. The number of carbonyl (C=O) groups is 1. The van der Waals surface area contributed by atoms with E-state index >= 15 is 0 Å². The molecule has 0 amide bonds. The van der Waals surface area contributed by atoms with Crippen LogP contribution >= 0.6 is 0 Å². The van der Waals surface area contributed by atoms with Crippen LogP contribution in [0.3, 0.4) is 0 Å². The van der Waals surface area contributed by atoms with Gasteiger partial charge in [-0.05, 0) is 48.0 Å². The fourth-order valence-electron chi connectivity index (χ4n) is 9.23. The summed E-state index contributed by atoms with van der Waals surface area (Å²) in [6, 6.07) is 9.40. The third-order valence-electron chi connectivity index (χ3n) is 13.6. The number of hydrogen-bond acceptors (Lipinski definition) is 30. The van der Waals surface area contributed by atoms with Gasteiger partial charge < -0.3 is 138 Å². The van der Waals surface area contributed by atoms with Gasteiger partial charge in [0.15, 0.2) is 42.0 Å². The van der Waals surface area contributed by atoms with Gasteiger partial charge in [0.1, 0.15) is 114 Å². The number of hydrogen-bond donors (Lipinski definition) is 16. The van der Waals surface area contributed by atoms with Crippen LogP contribution in [0, 0.1) is 0 Å². The van der Waals surface area contributed by atoms with Crippen molar-refractivity contribution in [3.05, 3.63) is 70.4 Å². The molecule has 1 aromatic heterocycles. The van der Waals surface area contributed by atoms with E-state index in [9.17, 15) is 91.3 Å². The highest BCUT2D eigenvalue weighted by atomic mass is 16.8. The van der Waals surface area contributed by atoms with E-state index in [1.165, 1.54) is 56.7 Å². The molecule has 16 N–H and O–H groups in total. The average molecular weight is 1140 g/mol. The predicted octanol–water partition coefficient (Wildman–Crippen LogP) is -5.14. The Morgan fingerprint density at radius 3 is 1.66 bits per heavy atom. The maximum absolute atomic E-state index is 14.7. The van der Waals surface area contributed by atoms with Gasteiger partial charge in [-0.25, -0.2) is 4.79 Å². The lowest BCUT2D eigenvalue weighted by Crippen LogP contribution is -2.65. The van der Waals surface area contributed by atoms with Crippen LogP contribution in [-0.2, 0) is 38.0 Å². The molecule has 30 nitrogen and oxygen atoms in total. The monoisotopic (exact) mass is 1140 g/mol. The SMILES string of the molecule is COc1cc(/C=C/C(=O)O[C@H]2[C@H](O[C@H]3[C@H](Oc4c(-c5ccc(O)cc5)oc5cc(O[C@@H]6O[C@H](CO)[C@@H](O[C@@H]7O[C@H](CO)[C@@H](O)[C@H](O)[C@H]7O)[C@H](O)[C@H]6O)cc(O)c5c4=O)O[C@H](CO)[C@@H](O)[C@@H]3O)O[C@H](CO)[C@@H](O)[C@@H]2O)cc(OC)c1O. The Balaban J connectivity index is 1.10. The number of fused-ring (bicyclic) bond motifs is 1. The van der Waals surface area contributed by atoms with Crippen molar-refractivity contribution in [2.24, 2.45) is 0 Å². The van der Waals surface area contributed by atoms with Gasteiger partial charge in [0, 0.05) is 23.8 Å². The second-order valence-corrected chi connectivity index (χ2v) is 18.7. The number of phenolic OH excluding ortho intramolecular Hbond substituents is 3. The zero-order valence-electron chi connectivity index (χ0n) is 42.0. The van der Waals surface area contributed by atoms with Gasteiger partial charge in [-0.3, -0.25) is 4.79 Å². The number of benzene rings is 3. The molecule has 0 spiro atoms. The Morgan fingerprint density at radius 1 is 0.562 bits per heavy atom. The Labute approximate surface area is 450 Å². The number of rotatable bonds is 18. The molecular weight excluding hydrogens is 1080 g/mol. The fraction of sp³-hybridized carbons (Fsp3) is 0.520. The number of aliphatic hydroxyl groups excluding tert-OH is 13. The molecule has 0 radical (unpaired) electrons. The summed E-state index contributed by atoms with van der Waals surface area (Å²) in [6.45, 7) is -3.71. The van der Waals surface area contributed by atoms with Crippen molar-refractivity contribution in [2.45, 2.75) is 123 Å². The summed E-state index contributed by atoms with van der Waals surface area (Å²) in [5, 5.41) is 170. The summed E-state index contributed by atoms with van der Waals surface area (Å²) < 4.78 is 68.0. The maximum Gasteiger partial charge on any atom is 0.331 e. The summed E-state index contributed by atoms with van der Waals surface area (Å²) in [6.07, 6.45) is -35.9. The third-order valence-corrected chi connectivity index (χ3v) is 13.6. The van der Waals surface area contributed by atoms with Crippen LogP contribution in [0.2, 0.25) is 0 Å². The molecule has 4 aromatic rings. The van der Waals surface area contributed by atoms with Crippen LogP contribution in [0.1, 0.15) is 5.56 Å². The van der Waals surface area contributed by atoms with Gasteiger partial charge in [0.25, 0.3) is 0 Å². The van der Waals surface area contributed by atoms with E-state index in [1.54, 1.807) is 0 Å². The van der Waals surface area contributed by atoms with Crippen LogP contribution in [-0.4, -0.2) is 251 Å². The molecule has 0 bridgehead atoms. The smallest absolute Gasteiger partial charge is 0.331 e. The molecule has 0 unspecified atom stereocenters. The van der Waals surface area contributed by atoms with E-state index in [4.69, 9.17) is 56.5 Å². The fourth-order valence-corrected chi connectivity index (χ4v) is 9.23. The lowest BCUT2D eigenvalue weighted by Gasteiger charge is -2.46. The largest absolute Gasteiger partial charge is 0.508 e. The number of carbonyl (C=O) groups excluding carboxylic acids is 1. The minimum atomic E-state index is -2.17. The van der Waals surface area contributed by atoms with Crippen molar-refractivity contribution in [3.63, 3.8) is 0 Å². The molecule has 3 aromatic carbocycles. The van der Waals surface area contributed by atoms with E-state index in [2.05, 4.69) is 0 Å². The zero-order chi connectivity index (χ0) is 58.0. The first-order valence-corrected chi connectivity index (χ1v) is 24.5. The van der Waals surface area contributed by atoms with Crippen LogP contribution in [0.5, 0.6) is 40.2 Å². The molecular formula is C50H60O30. The normalized spacial score (nSPS) is 34.7. The van der Waals surface area contributed by atoms with Crippen molar-refractivity contribution in [1.82, 2.24) is 0 Å². The lowest BCUT2D eigenvalue weighted by atomic mass is 9.97. The van der Waals surface area contributed by atoms with E-state index in [-0.39, 0.29) is 34.1 Å². The van der Waals surface area contributed by atoms with Gasteiger partial charge in [-0.15, -0.1) is 0 Å². The molecule has 4 aliphatic heterocycles. The molecule has 80 heavy (non-hydrogen) atoms. The quantitative estimate of drug-likeness (QED) is 0.0327. The van der Waals surface area contributed by atoms with Crippen molar-refractivity contribution in [1.29, 1.82) is 0 Å². The highest BCUT2D eigenvalue weighted by molar-refractivity contribution is 5.89. The molecule has 4 fully saturated rings. The summed E-state index contributed by atoms with van der Waals surface area (Å²) in [7, 11) is 2.54. The molecule has 0 saturated carbocycles. The second-order valence-electron chi connectivity index (χ2n) is 18.7. The summed E-state index contributed by atoms with van der Waals surface area (Å²) >= 11 is 0. The van der Waals surface area contributed by atoms with Crippen LogP contribution in [0.4, 0.5) is 0 Å². The molecule has 4 saturated heterocycles. The minimum absolute atomic E-state index is 0.0247. The first kappa shape index (κ1) is 60.0. The van der Waals surface area contributed by atoms with Gasteiger partial charge in [-0.2, -0.15) is 0 Å². The Bertz CT molecular complexity index is 2820. The molecule has 8 rings (SSSR count). The van der Waals surface area contributed by atoms with Crippen LogP contribution in [0.15, 0.2) is 63.8 Å². The van der Waals surface area contributed by atoms with Gasteiger partial charge in [0.05, 0.1) is 40.6 Å². The third kappa shape index (κ3) is 12.1. The summed E-state index contributed by atoms with van der Waals surface area (Å²) in [4.78, 5) is 28.1. The predicted molar refractivity (Wildman–Crippen MR) is 259 cm³/mol. The number of aliphatic hydroxyl groups is 13. The van der Waals surface area contributed by atoms with Crippen molar-refractivity contribution >= 4 is 23.0 Å². The average Bonchev–Trinajstić information content (AvgIpc) is 3.61. The summed E-state index contributed by atoms with van der Waals surface area (Å²) in [5.41, 5.74) is -1.45. The molecule has 0 aliphatic carbocycles. The number of esters is 1.